The molecule has 1 aliphatic heterocycles. The first-order valence-electron chi connectivity index (χ1n) is 7.63. The van der Waals surface area contributed by atoms with Crippen LogP contribution in [0.15, 0.2) is 6.07 Å². The minimum absolute atomic E-state index is 0.0679. The van der Waals surface area contributed by atoms with E-state index in [2.05, 4.69) is 18.9 Å². The van der Waals surface area contributed by atoms with Gasteiger partial charge in [0.15, 0.2) is 0 Å². The monoisotopic (exact) mass is 295 g/mol. The van der Waals surface area contributed by atoms with Crippen molar-refractivity contribution in [1.29, 1.82) is 0 Å². The summed E-state index contributed by atoms with van der Waals surface area (Å²) in [5.41, 5.74) is 1.55. The van der Waals surface area contributed by atoms with E-state index in [0.717, 1.165) is 12.1 Å². The van der Waals surface area contributed by atoms with Crippen LogP contribution in [0.1, 0.15) is 37.0 Å². The lowest BCUT2D eigenvalue weighted by Gasteiger charge is -2.34. The van der Waals surface area contributed by atoms with Gasteiger partial charge in [-0.25, -0.2) is 0 Å². The molecule has 1 atom stereocenters. The Morgan fingerprint density at radius 1 is 1.57 bits per heavy atom. The molecule has 1 fully saturated rings. The number of ether oxygens (including phenoxy) is 1. The number of hydrogen-bond acceptors (Lipinski definition) is 4. The quantitative estimate of drug-likeness (QED) is 0.877. The zero-order valence-corrected chi connectivity index (χ0v) is 13.1. The number of aliphatic hydroxyl groups excluding tert-OH is 1. The summed E-state index contributed by atoms with van der Waals surface area (Å²) in [6.45, 7) is 8.25. The van der Waals surface area contributed by atoms with Crippen molar-refractivity contribution < 1.29 is 14.6 Å². The Balaban J connectivity index is 2.22. The highest BCUT2D eigenvalue weighted by Gasteiger charge is 2.29. The standard InChI is InChI=1S/C15H25N3O3/c1-4-18-14(8-12(16-18)7-11(2)3)15(20)17-5-6-21-10-13(17)9-19/h8,11,13,19H,4-7,9-10H2,1-3H3. The van der Waals surface area contributed by atoms with Crippen LogP contribution in [0.4, 0.5) is 0 Å². The molecule has 118 valence electrons. The molecule has 6 heteroatoms. The number of hydrogen-bond donors (Lipinski definition) is 1. The van der Waals surface area contributed by atoms with E-state index in [4.69, 9.17) is 4.74 Å². The molecule has 1 saturated heterocycles. The fourth-order valence-corrected chi connectivity index (χ4v) is 2.62. The second-order valence-corrected chi connectivity index (χ2v) is 5.84. The molecule has 1 unspecified atom stereocenters. The maximum atomic E-state index is 12.7. The lowest BCUT2D eigenvalue weighted by molar-refractivity contribution is -0.0189. The minimum Gasteiger partial charge on any atom is -0.394 e. The molecule has 21 heavy (non-hydrogen) atoms. The van der Waals surface area contributed by atoms with Crippen molar-refractivity contribution in [2.45, 2.75) is 39.8 Å². The summed E-state index contributed by atoms with van der Waals surface area (Å²) < 4.78 is 7.08. The Bertz CT molecular complexity index is 485. The van der Waals surface area contributed by atoms with Gasteiger partial charge in [-0.05, 0) is 25.3 Å². The molecule has 0 aliphatic carbocycles. The van der Waals surface area contributed by atoms with Gasteiger partial charge in [0.05, 0.1) is 31.6 Å². The average Bonchev–Trinajstić information content (AvgIpc) is 2.88. The summed E-state index contributed by atoms with van der Waals surface area (Å²) in [6.07, 6.45) is 0.861. The van der Waals surface area contributed by atoms with Crippen molar-refractivity contribution in [3.05, 3.63) is 17.5 Å². The summed E-state index contributed by atoms with van der Waals surface area (Å²) >= 11 is 0. The van der Waals surface area contributed by atoms with Crippen molar-refractivity contribution >= 4 is 5.91 Å². The molecule has 2 heterocycles. The second-order valence-electron chi connectivity index (χ2n) is 5.84. The van der Waals surface area contributed by atoms with Crippen molar-refractivity contribution in [2.75, 3.05) is 26.4 Å². The van der Waals surface area contributed by atoms with E-state index >= 15 is 0 Å². The van der Waals surface area contributed by atoms with Gasteiger partial charge in [0.25, 0.3) is 5.91 Å². The third-order valence-corrected chi connectivity index (χ3v) is 3.67. The van der Waals surface area contributed by atoms with Crippen LogP contribution in [0.25, 0.3) is 0 Å². The molecule has 0 radical (unpaired) electrons. The molecular formula is C15H25N3O3. The molecule has 0 bridgehead atoms. The maximum absolute atomic E-state index is 12.7. The van der Waals surface area contributed by atoms with Crippen LogP contribution >= 0.6 is 0 Å². The van der Waals surface area contributed by atoms with Crippen LogP contribution in [0.2, 0.25) is 0 Å². The van der Waals surface area contributed by atoms with Gasteiger partial charge in [-0.2, -0.15) is 5.10 Å². The molecule has 0 spiro atoms. The van der Waals surface area contributed by atoms with E-state index in [-0.39, 0.29) is 18.6 Å². The van der Waals surface area contributed by atoms with Crippen LogP contribution in [0.5, 0.6) is 0 Å². The van der Waals surface area contributed by atoms with Gasteiger partial charge in [-0.3, -0.25) is 9.48 Å². The molecule has 1 aromatic rings. The maximum Gasteiger partial charge on any atom is 0.272 e. The van der Waals surface area contributed by atoms with E-state index < -0.39 is 0 Å². The summed E-state index contributed by atoms with van der Waals surface area (Å²) in [4.78, 5) is 14.4. The van der Waals surface area contributed by atoms with Crippen LogP contribution < -0.4 is 0 Å². The molecule has 0 aromatic carbocycles. The van der Waals surface area contributed by atoms with Gasteiger partial charge >= 0.3 is 0 Å². The van der Waals surface area contributed by atoms with Gasteiger partial charge in [0.1, 0.15) is 5.69 Å². The van der Waals surface area contributed by atoms with Crippen LogP contribution in [0, 0.1) is 5.92 Å². The Kier molecular flexibility index (Phi) is 5.36. The lowest BCUT2D eigenvalue weighted by Crippen LogP contribution is -2.50. The van der Waals surface area contributed by atoms with Crippen molar-refractivity contribution in [1.82, 2.24) is 14.7 Å². The summed E-state index contributed by atoms with van der Waals surface area (Å²) in [7, 11) is 0. The number of rotatable bonds is 5. The van der Waals surface area contributed by atoms with Gasteiger partial charge in [-0.1, -0.05) is 13.8 Å². The molecule has 0 saturated carbocycles. The third kappa shape index (κ3) is 3.63. The molecule has 2 rings (SSSR count). The predicted octanol–water partition coefficient (Wildman–Crippen LogP) is 0.935. The summed E-state index contributed by atoms with van der Waals surface area (Å²) in [6, 6.07) is 1.62. The molecule has 1 aliphatic rings. The van der Waals surface area contributed by atoms with Crippen LogP contribution in [-0.2, 0) is 17.7 Å². The molecule has 6 nitrogen and oxygen atoms in total. The van der Waals surface area contributed by atoms with Gasteiger partial charge in [0, 0.05) is 13.1 Å². The summed E-state index contributed by atoms with van der Waals surface area (Å²) in [5.74, 6) is 0.434. The van der Waals surface area contributed by atoms with Gasteiger partial charge in [0.2, 0.25) is 0 Å². The fraction of sp³-hybridized carbons (Fsp3) is 0.733. The number of carbonyl (C=O) groups is 1. The Morgan fingerprint density at radius 2 is 2.33 bits per heavy atom. The van der Waals surface area contributed by atoms with E-state index in [0.29, 0.717) is 37.9 Å². The number of aromatic nitrogens is 2. The van der Waals surface area contributed by atoms with E-state index in [1.54, 1.807) is 9.58 Å². The lowest BCUT2D eigenvalue weighted by atomic mass is 10.1. The number of nitrogens with zero attached hydrogens (tertiary/aromatic N) is 3. The fourth-order valence-electron chi connectivity index (χ4n) is 2.62. The van der Waals surface area contributed by atoms with E-state index in [1.807, 2.05) is 13.0 Å². The van der Waals surface area contributed by atoms with E-state index in [9.17, 15) is 9.90 Å². The first kappa shape index (κ1) is 16.0. The Morgan fingerprint density at radius 3 is 2.95 bits per heavy atom. The van der Waals surface area contributed by atoms with Gasteiger partial charge in [-0.15, -0.1) is 0 Å². The normalized spacial score (nSPS) is 19.3. The molecular weight excluding hydrogens is 270 g/mol. The smallest absolute Gasteiger partial charge is 0.272 e. The average molecular weight is 295 g/mol. The van der Waals surface area contributed by atoms with Crippen LogP contribution in [-0.4, -0.2) is 58.1 Å². The Hall–Kier alpha value is -1.40. The van der Waals surface area contributed by atoms with E-state index in [1.165, 1.54) is 0 Å². The van der Waals surface area contributed by atoms with Crippen LogP contribution in [0.3, 0.4) is 0 Å². The number of carbonyl (C=O) groups excluding carboxylic acids is 1. The van der Waals surface area contributed by atoms with Crippen molar-refractivity contribution in [3.8, 4) is 0 Å². The van der Waals surface area contributed by atoms with Crippen molar-refractivity contribution in [3.63, 3.8) is 0 Å². The minimum atomic E-state index is -0.264. The number of aliphatic hydroxyl groups is 1. The predicted molar refractivity (Wildman–Crippen MR) is 79.2 cm³/mol. The SMILES string of the molecule is CCn1nc(CC(C)C)cc1C(=O)N1CCOCC1CO. The highest BCUT2D eigenvalue weighted by molar-refractivity contribution is 5.93. The molecule has 1 N–H and O–H groups in total. The first-order valence-corrected chi connectivity index (χ1v) is 7.63. The zero-order chi connectivity index (χ0) is 15.4. The highest BCUT2D eigenvalue weighted by atomic mass is 16.5. The summed E-state index contributed by atoms with van der Waals surface area (Å²) in [5, 5.41) is 13.9. The number of amides is 1. The number of morpholine rings is 1. The van der Waals surface area contributed by atoms with Gasteiger partial charge < -0.3 is 14.7 Å². The topological polar surface area (TPSA) is 67.6 Å². The molecule has 1 amide bonds. The third-order valence-electron chi connectivity index (χ3n) is 3.67. The highest BCUT2D eigenvalue weighted by Crippen LogP contribution is 2.15. The molecule has 1 aromatic heterocycles. The largest absolute Gasteiger partial charge is 0.394 e. The number of aryl methyl sites for hydroxylation is 1. The van der Waals surface area contributed by atoms with Crippen molar-refractivity contribution in [2.24, 2.45) is 5.92 Å². The zero-order valence-electron chi connectivity index (χ0n) is 13.1. The first-order chi connectivity index (χ1) is 10.1. The Labute approximate surface area is 125 Å². The second kappa shape index (κ2) is 7.04.